The molecule has 22 nitrogen and oxygen atoms in total. The van der Waals surface area contributed by atoms with Crippen LogP contribution in [-0.4, -0.2) is 63.7 Å². The number of hydrogen-bond donors (Lipinski definition) is 2. The fraction of sp³-hybridized carbons (Fsp3) is 0. The van der Waals surface area contributed by atoms with Crippen molar-refractivity contribution in [2.75, 3.05) is 10.6 Å². The predicted octanol–water partition coefficient (Wildman–Crippen LogP) is -17.4. The molecule has 0 unspecified atom stereocenters. The van der Waals surface area contributed by atoms with Crippen LogP contribution in [-0.2, 0) is 59.2 Å². The summed E-state index contributed by atoms with van der Waals surface area (Å²) < 4.78 is 152. The van der Waals surface area contributed by atoms with E-state index in [-0.39, 0.29) is 233 Å². The molecule has 62 heavy (non-hydrogen) atoms. The van der Waals surface area contributed by atoms with Crippen molar-refractivity contribution in [1.82, 2.24) is 0 Å². The zero-order valence-electron chi connectivity index (χ0n) is 32.5. The van der Waals surface area contributed by atoms with Crippen molar-refractivity contribution in [1.29, 1.82) is 0 Å². The molecular weight excluding hydrogens is 1010 g/mol. The van der Waals surface area contributed by atoms with Gasteiger partial charge in [-0.25, -0.2) is 33.7 Å². The van der Waals surface area contributed by atoms with Crippen molar-refractivity contribution in [3.8, 4) is 0 Å². The zero-order chi connectivity index (χ0) is 41.4. The first-order valence-corrected chi connectivity index (χ1v) is 21.2. The third-order valence-corrected chi connectivity index (χ3v) is 11.9. The first-order chi connectivity index (χ1) is 26.0. The van der Waals surface area contributed by atoms with Gasteiger partial charge in [-0.2, -0.15) is 8.67 Å². The quantitative estimate of drug-likeness (QED) is 0.0343. The van der Waals surface area contributed by atoms with Gasteiger partial charge in [0.2, 0.25) is 0 Å². The Bertz CT molecular complexity index is 2910. The third-order valence-electron chi connectivity index (χ3n) is 7.27. The second-order valence-electron chi connectivity index (χ2n) is 10.7. The predicted molar refractivity (Wildman–Crippen MR) is 178 cm³/mol. The number of benzene rings is 5. The Morgan fingerprint density at radius 3 is 1.44 bits per heavy atom. The molecule has 0 aliphatic carbocycles. The molecule has 0 heterocycles. The van der Waals surface area contributed by atoms with E-state index in [4.69, 9.17) is 0 Å². The molecule has 5 aromatic rings. The molecule has 5 rings (SSSR count). The summed E-state index contributed by atoms with van der Waals surface area (Å²) in [6.45, 7) is 0. The molecule has 0 atom stereocenters. The zero-order valence-corrected chi connectivity index (χ0v) is 49.4. The summed E-state index contributed by atoms with van der Waals surface area (Å²) in [5, 5.41) is 30.0. The van der Waals surface area contributed by atoms with Crippen molar-refractivity contribution in [3.63, 3.8) is 0 Å². The normalized spacial score (nSPS) is 11.3. The molecule has 0 radical (unpaired) electrons. The second kappa shape index (κ2) is 27.2. The number of carbonyl (C=O) groups is 2. The first kappa shape index (κ1) is 65.7. The SMILES string of the molecule is O=C(Nc1cc2c(S(=O)(=O)[O-])cc(S(=O)(=O)[O-])cc2cc1SOO[O-])c1cccc(C(=O)Nc2cc3c(S(=O)(=O)[O-])cc(SOO[O-])cc3cc2S(=O)(=O)[O-])c1.[Na+].[Na+].[Na+].[Na+].[Na+].[Na+]. The number of rotatable bonds is 14. The van der Waals surface area contributed by atoms with E-state index in [0.29, 0.717) is 24.3 Å². The van der Waals surface area contributed by atoms with E-state index in [1.54, 1.807) is 0 Å². The molecule has 0 aliphatic heterocycles. The monoisotopic (exact) mass is 1030 g/mol. The Balaban J connectivity index is 0. The number of anilines is 2. The number of nitrogens with one attached hydrogen (secondary N) is 2. The minimum Gasteiger partial charge on any atom is -0.744 e. The van der Waals surface area contributed by atoms with Gasteiger partial charge in [0.25, 0.3) is 11.8 Å². The van der Waals surface area contributed by atoms with Gasteiger partial charge >= 0.3 is 177 Å². The van der Waals surface area contributed by atoms with Gasteiger partial charge in [-0.3, -0.25) is 19.7 Å². The van der Waals surface area contributed by atoms with E-state index >= 15 is 0 Å². The van der Waals surface area contributed by atoms with Gasteiger partial charge in [0.15, 0.2) is 0 Å². The van der Waals surface area contributed by atoms with Gasteiger partial charge < -0.3 is 39.4 Å². The number of amides is 2. The number of fused-ring (bicyclic) bond motifs is 2. The van der Waals surface area contributed by atoms with Crippen LogP contribution in [0.4, 0.5) is 11.4 Å². The molecule has 0 saturated carbocycles. The van der Waals surface area contributed by atoms with Crippen LogP contribution in [0, 0.1) is 0 Å². The Labute approximate surface area is 492 Å². The van der Waals surface area contributed by atoms with Gasteiger partial charge in [-0.15, -0.1) is 0 Å². The summed E-state index contributed by atoms with van der Waals surface area (Å²) in [4.78, 5) is 21.9. The van der Waals surface area contributed by atoms with Crippen LogP contribution in [0.5, 0.6) is 0 Å². The molecule has 34 heteroatoms. The van der Waals surface area contributed by atoms with Crippen LogP contribution in [0.15, 0.2) is 102 Å². The largest absolute Gasteiger partial charge is 1.00 e. The molecule has 5 aromatic carbocycles. The summed E-state index contributed by atoms with van der Waals surface area (Å²) in [6.07, 6.45) is 0. The van der Waals surface area contributed by atoms with Crippen LogP contribution in [0.3, 0.4) is 0 Å². The van der Waals surface area contributed by atoms with E-state index in [1.807, 2.05) is 0 Å². The number of hydrogen-bond acceptors (Lipinski definition) is 22. The molecule has 0 aliphatic rings. The smallest absolute Gasteiger partial charge is 0.744 e. The van der Waals surface area contributed by atoms with E-state index in [0.717, 1.165) is 48.5 Å². The van der Waals surface area contributed by atoms with Gasteiger partial charge in [0, 0.05) is 26.8 Å². The van der Waals surface area contributed by atoms with Gasteiger partial charge in [-0.05, 0) is 77.5 Å². The third kappa shape index (κ3) is 17.0. The molecule has 0 bridgehead atoms. The van der Waals surface area contributed by atoms with Gasteiger partial charge in [0.05, 0.1) is 59.9 Å². The van der Waals surface area contributed by atoms with E-state index in [9.17, 15) is 72.0 Å². The molecule has 0 fully saturated rings. The standard InChI is InChI=1S/C28H20N2O20S6.6Na/c31-27(29-21-11-19-16(7-23(21)52-50-48-34)6-18(53(35,36)37)10-25(19)55(41,42)43)13-2-1-3-14(4-13)28(32)30-22-12-20-15(8-26(22)56(44,45)46)5-17(51-49-47-33)9-24(20)54(38,39)40;;;;;;/h1-12,33-34H,(H,29,31)(H,30,32)(H,35,36,37)(H,38,39,40)(H,41,42,43)(H,44,45,46);;;;;;/q;6*+1/p-6. The molecule has 0 aromatic heterocycles. The summed E-state index contributed by atoms with van der Waals surface area (Å²) in [5.41, 5.74) is -1.93. The summed E-state index contributed by atoms with van der Waals surface area (Å²) in [6, 6.07) is 10.3. The van der Waals surface area contributed by atoms with E-state index < -0.39 is 93.9 Å². The van der Waals surface area contributed by atoms with Crippen molar-refractivity contribution in [3.05, 3.63) is 83.9 Å². The van der Waals surface area contributed by atoms with Crippen molar-refractivity contribution in [2.24, 2.45) is 0 Å². The van der Waals surface area contributed by atoms with Crippen molar-refractivity contribution in [2.45, 2.75) is 29.4 Å². The maximum Gasteiger partial charge on any atom is 1.00 e. The number of carbonyl (C=O) groups excluding carboxylic acids is 2. The van der Waals surface area contributed by atoms with Crippen LogP contribution in [0.1, 0.15) is 20.7 Å². The molecule has 298 valence electrons. The van der Waals surface area contributed by atoms with Crippen LogP contribution >= 0.6 is 24.1 Å². The average Bonchev–Trinajstić information content (AvgIpc) is 3.10. The average molecular weight is 1030 g/mol. The Hall–Kier alpha value is 1.66. The maximum atomic E-state index is 13.4. The van der Waals surface area contributed by atoms with Crippen LogP contribution < -0.4 is 198 Å². The van der Waals surface area contributed by atoms with Crippen molar-refractivity contribution >= 4 is 109 Å². The van der Waals surface area contributed by atoms with E-state index in [2.05, 4.69) is 29.4 Å². The van der Waals surface area contributed by atoms with Crippen LogP contribution in [0.25, 0.3) is 21.5 Å². The summed E-state index contributed by atoms with van der Waals surface area (Å²) >= 11 is 0.261. The Morgan fingerprint density at radius 2 is 0.952 bits per heavy atom. The fourth-order valence-corrected chi connectivity index (χ4v) is 8.72. The molecular formula is C28H14N2Na6O20S6. The Kier molecular flexibility index (Phi) is 28.8. The molecule has 0 saturated heterocycles. The molecule has 2 N–H and O–H groups in total. The minimum atomic E-state index is -5.47. The minimum absolute atomic E-state index is 0. The molecule has 2 amide bonds. The fourth-order valence-electron chi connectivity index (χ4n) is 5.03. The van der Waals surface area contributed by atoms with Gasteiger partial charge in [0.1, 0.15) is 40.5 Å². The van der Waals surface area contributed by atoms with E-state index in [1.165, 1.54) is 0 Å². The van der Waals surface area contributed by atoms with Crippen LogP contribution in [0.2, 0.25) is 0 Å². The second-order valence-corrected chi connectivity index (χ2v) is 17.7. The summed E-state index contributed by atoms with van der Waals surface area (Å²) in [7, 11) is -21.6. The Morgan fingerprint density at radius 1 is 0.500 bits per heavy atom. The summed E-state index contributed by atoms with van der Waals surface area (Å²) in [5.74, 6) is -2.27. The van der Waals surface area contributed by atoms with Crippen molar-refractivity contribution < 1.29 is 268 Å². The molecule has 0 spiro atoms. The maximum absolute atomic E-state index is 13.4. The topological polar surface area (TPSA) is 370 Å². The first-order valence-electron chi connectivity index (χ1n) is 14.1. The van der Waals surface area contributed by atoms with Gasteiger partial charge in [-0.1, -0.05) is 6.07 Å².